The molecule has 20 heavy (non-hydrogen) atoms. The van der Waals surface area contributed by atoms with Gasteiger partial charge in [0.15, 0.2) is 0 Å². The average Bonchev–Trinajstić information content (AvgIpc) is 2.51. The van der Waals surface area contributed by atoms with E-state index in [9.17, 15) is 0 Å². The molecule has 0 N–H and O–H groups in total. The fourth-order valence-corrected chi connectivity index (χ4v) is 3.39. The van der Waals surface area contributed by atoms with Gasteiger partial charge >= 0.3 is 0 Å². The molecule has 4 heteroatoms. The summed E-state index contributed by atoms with van der Waals surface area (Å²) < 4.78 is 7.83. The molecule has 1 saturated heterocycles. The van der Waals surface area contributed by atoms with Gasteiger partial charge in [-0.1, -0.05) is 20.8 Å². The summed E-state index contributed by atoms with van der Waals surface area (Å²) in [5.74, 6) is 0. The van der Waals surface area contributed by atoms with E-state index >= 15 is 0 Å². The summed E-state index contributed by atoms with van der Waals surface area (Å²) in [6.45, 7) is 16.2. The van der Waals surface area contributed by atoms with E-state index in [1.807, 2.05) is 11.7 Å². The van der Waals surface area contributed by atoms with E-state index in [1.54, 1.807) is 0 Å². The molecule has 0 radical (unpaired) electrons. The van der Waals surface area contributed by atoms with E-state index in [0.29, 0.717) is 12.2 Å². The van der Waals surface area contributed by atoms with E-state index in [-0.39, 0.29) is 5.41 Å². The molecule has 1 aromatic rings. The Morgan fingerprint density at radius 2 is 1.75 bits per heavy atom. The minimum Gasteiger partial charge on any atom is -0.373 e. The van der Waals surface area contributed by atoms with Crippen molar-refractivity contribution < 1.29 is 4.74 Å². The molecule has 1 aromatic heterocycles. The van der Waals surface area contributed by atoms with E-state index in [0.717, 1.165) is 19.6 Å². The predicted molar refractivity (Wildman–Crippen MR) is 81.9 cm³/mol. The number of aromatic nitrogens is 2. The number of ether oxygens (including phenoxy) is 1. The summed E-state index contributed by atoms with van der Waals surface area (Å²) in [6, 6.07) is 0. The molecule has 2 atom stereocenters. The highest BCUT2D eigenvalue weighted by Crippen LogP contribution is 2.29. The minimum absolute atomic E-state index is 0.136. The monoisotopic (exact) mass is 279 g/mol. The highest BCUT2D eigenvalue weighted by Gasteiger charge is 2.28. The molecule has 0 unspecified atom stereocenters. The van der Waals surface area contributed by atoms with Crippen LogP contribution in [0.4, 0.5) is 0 Å². The predicted octanol–water partition coefficient (Wildman–Crippen LogP) is 2.64. The van der Waals surface area contributed by atoms with Gasteiger partial charge in [-0.25, -0.2) is 0 Å². The Balaban J connectivity index is 2.23. The lowest BCUT2D eigenvalue weighted by Crippen LogP contribution is -2.45. The quantitative estimate of drug-likeness (QED) is 0.833. The first kappa shape index (κ1) is 15.5. The summed E-state index contributed by atoms with van der Waals surface area (Å²) in [4.78, 5) is 2.47. The highest BCUT2D eigenvalue weighted by molar-refractivity contribution is 5.32. The number of hydrogen-bond donors (Lipinski definition) is 0. The van der Waals surface area contributed by atoms with Gasteiger partial charge in [0.25, 0.3) is 0 Å². The molecular weight excluding hydrogens is 250 g/mol. The molecule has 0 spiro atoms. The molecule has 0 aliphatic carbocycles. The maximum atomic E-state index is 5.81. The van der Waals surface area contributed by atoms with Crippen LogP contribution in [0, 0.1) is 6.92 Å². The Kier molecular flexibility index (Phi) is 4.26. The first-order chi connectivity index (χ1) is 9.18. The normalized spacial score (nSPS) is 25.1. The smallest absolute Gasteiger partial charge is 0.0804 e. The van der Waals surface area contributed by atoms with Crippen molar-refractivity contribution in [2.45, 2.75) is 65.7 Å². The van der Waals surface area contributed by atoms with Gasteiger partial charge < -0.3 is 4.74 Å². The SMILES string of the molecule is Cc1c(C(C)(C)C)c(CN2C[C@@H](C)O[C@@H](C)C2)nn1C. The van der Waals surface area contributed by atoms with Gasteiger partial charge in [-0.15, -0.1) is 0 Å². The molecule has 0 amide bonds. The van der Waals surface area contributed by atoms with E-state index < -0.39 is 0 Å². The van der Waals surface area contributed by atoms with Crippen LogP contribution in [0.5, 0.6) is 0 Å². The van der Waals surface area contributed by atoms with Crippen molar-refractivity contribution in [2.24, 2.45) is 7.05 Å². The van der Waals surface area contributed by atoms with Crippen molar-refractivity contribution in [3.05, 3.63) is 17.0 Å². The van der Waals surface area contributed by atoms with Gasteiger partial charge in [-0.2, -0.15) is 5.10 Å². The van der Waals surface area contributed by atoms with Crippen LogP contribution < -0.4 is 0 Å². The van der Waals surface area contributed by atoms with Crippen molar-refractivity contribution in [1.29, 1.82) is 0 Å². The van der Waals surface area contributed by atoms with Gasteiger partial charge in [0, 0.05) is 37.9 Å². The maximum absolute atomic E-state index is 5.81. The topological polar surface area (TPSA) is 30.3 Å². The van der Waals surface area contributed by atoms with Gasteiger partial charge in [0.2, 0.25) is 0 Å². The Bertz CT molecular complexity index is 463. The number of nitrogens with zero attached hydrogens (tertiary/aromatic N) is 3. The Labute approximate surface area is 123 Å². The molecule has 114 valence electrons. The Morgan fingerprint density at radius 3 is 2.25 bits per heavy atom. The van der Waals surface area contributed by atoms with Crippen molar-refractivity contribution in [3.8, 4) is 0 Å². The molecule has 1 aliphatic heterocycles. The molecule has 4 nitrogen and oxygen atoms in total. The third-order valence-electron chi connectivity index (χ3n) is 4.03. The van der Waals surface area contributed by atoms with E-state index in [4.69, 9.17) is 9.84 Å². The fraction of sp³-hybridized carbons (Fsp3) is 0.812. The lowest BCUT2D eigenvalue weighted by Gasteiger charge is -2.35. The standard InChI is InChI=1S/C16H29N3O/c1-11-8-19(9-12(2)20-11)10-14-15(16(4,5)6)13(3)18(7)17-14/h11-12H,8-10H2,1-7H3/t11-,12+. The van der Waals surface area contributed by atoms with Gasteiger partial charge in [-0.3, -0.25) is 9.58 Å². The molecule has 2 rings (SSSR count). The van der Waals surface area contributed by atoms with E-state index in [1.165, 1.54) is 17.0 Å². The summed E-state index contributed by atoms with van der Waals surface area (Å²) in [6.07, 6.45) is 0.614. The molecule has 1 fully saturated rings. The van der Waals surface area contributed by atoms with Crippen LogP contribution in [0.25, 0.3) is 0 Å². The second kappa shape index (κ2) is 5.49. The minimum atomic E-state index is 0.136. The van der Waals surface area contributed by atoms with Crippen LogP contribution in [-0.2, 0) is 23.7 Å². The molecular formula is C16H29N3O. The second-order valence-corrected chi connectivity index (χ2v) is 7.23. The molecule has 0 bridgehead atoms. The second-order valence-electron chi connectivity index (χ2n) is 7.23. The highest BCUT2D eigenvalue weighted by atomic mass is 16.5. The van der Waals surface area contributed by atoms with Gasteiger partial charge in [-0.05, 0) is 26.2 Å². The summed E-state index contributed by atoms with van der Waals surface area (Å²) in [5, 5.41) is 4.75. The van der Waals surface area contributed by atoms with Crippen LogP contribution in [0.2, 0.25) is 0 Å². The number of hydrogen-bond acceptors (Lipinski definition) is 3. The van der Waals surface area contributed by atoms with Crippen LogP contribution in [0.1, 0.15) is 51.6 Å². The van der Waals surface area contributed by atoms with Crippen molar-refractivity contribution in [1.82, 2.24) is 14.7 Å². The molecule has 1 aliphatic rings. The van der Waals surface area contributed by atoms with Crippen molar-refractivity contribution in [2.75, 3.05) is 13.1 Å². The molecule has 0 saturated carbocycles. The van der Waals surface area contributed by atoms with Crippen LogP contribution in [0.15, 0.2) is 0 Å². The molecule has 2 heterocycles. The first-order valence-electron chi connectivity index (χ1n) is 7.59. The van der Waals surface area contributed by atoms with Crippen molar-refractivity contribution in [3.63, 3.8) is 0 Å². The Morgan fingerprint density at radius 1 is 1.20 bits per heavy atom. The fourth-order valence-electron chi connectivity index (χ4n) is 3.39. The maximum Gasteiger partial charge on any atom is 0.0804 e. The zero-order valence-corrected chi connectivity index (χ0v) is 14.0. The molecule has 0 aromatic carbocycles. The zero-order valence-electron chi connectivity index (χ0n) is 14.0. The Hall–Kier alpha value is -0.870. The van der Waals surface area contributed by atoms with Crippen molar-refractivity contribution >= 4 is 0 Å². The number of morpholine rings is 1. The van der Waals surface area contributed by atoms with Gasteiger partial charge in [0.1, 0.15) is 0 Å². The lowest BCUT2D eigenvalue weighted by atomic mass is 9.85. The summed E-state index contributed by atoms with van der Waals surface area (Å²) in [5.41, 5.74) is 4.03. The third-order valence-corrected chi connectivity index (χ3v) is 4.03. The summed E-state index contributed by atoms with van der Waals surface area (Å²) in [7, 11) is 2.04. The third kappa shape index (κ3) is 3.23. The van der Waals surface area contributed by atoms with Crippen LogP contribution in [0.3, 0.4) is 0 Å². The first-order valence-corrected chi connectivity index (χ1v) is 7.59. The number of rotatable bonds is 2. The number of aryl methyl sites for hydroxylation is 1. The van der Waals surface area contributed by atoms with Gasteiger partial charge in [0.05, 0.1) is 17.9 Å². The average molecular weight is 279 g/mol. The van der Waals surface area contributed by atoms with E-state index in [2.05, 4.69) is 46.4 Å². The zero-order chi connectivity index (χ0) is 15.1. The lowest BCUT2D eigenvalue weighted by molar-refractivity contribution is -0.0708. The van der Waals surface area contributed by atoms with Crippen LogP contribution in [-0.4, -0.2) is 40.0 Å². The largest absolute Gasteiger partial charge is 0.373 e. The van der Waals surface area contributed by atoms with Crippen LogP contribution >= 0.6 is 0 Å². The summed E-state index contributed by atoms with van der Waals surface area (Å²) >= 11 is 0.